The van der Waals surface area contributed by atoms with Gasteiger partial charge in [-0.2, -0.15) is 13.8 Å². The molecule has 2 aromatic carbocycles. The van der Waals surface area contributed by atoms with Crippen LogP contribution < -0.4 is 25.4 Å². The molecule has 11 heteroatoms. The molecule has 148 valence electrons. The Balaban J connectivity index is 1.49. The number of ether oxygens (including phenoxy) is 2. The first-order valence-electron chi connectivity index (χ1n) is 8.32. The van der Waals surface area contributed by atoms with Crippen molar-refractivity contribution in [1.29, 1.82) is 0 Å². The van der Waals surface area contributed by atoms with Crippen molar-refractivity contribution in [2.75, 3.05) is 23.1 Å². The van der Waals surface area contributed by atoms with Crippen LogP contribution in [0.1, 0.15) is 0 Å². The van der Waals surface area contributed by atoms with E-state index >= 15 is 0 Å². The number of nitrogens with one attached hydrogen (secondary N) is 3. The Bertz CT molecular complexity index is 1060. The summed E-state index contributed by atoms with van der Waals surface area (Å²) in [5.74, 6) is -0.452. The number of hydrogen-bond donors (Lipinski definition) is 3. The number of carbonyl (C=O) groups is 1. The summed E-state index contributed by atoms with van der Waals surface area (Å²) in [4.78, 5) is 23.7. The molecule has 0 spiro atoms. The van der Waals surface area contributed by atoms with E-state index in [1.807, 2.05) is 0 Å². The van der Waals surface area contributed by atoms with E-state index in [2.05, 4.69) is 35.6 Å². The second-order valence-corrected chi connectivity index (χ2v) is 5.90. The van der Waals surface area contributed by atoms with Crippen molar-refractivity contribution in [3.05, 3.63) is 48.8 Å². The molecule has 1 aliphatic heterocycles. The lowest BCUT2D eigenvalue weighted by Gasteiger charge is -2.25. The first-order chi connectivity index (χ1) is 13.9. The zero-order valence-corrected chi connectivity index (χ0v) is 14.9. The number of nitrogens with zero attached hydrogens (tertiary/aromatic N) is 3. The summed E-state index contributed by atoms with van der Waals surface area (Å²) < 4.78 is 36.1. The largest absolute Gasteiger partial charge is 0.497 e. The summed E-state index contributed by atoms with van der Waals surface area (Å²) >= 11 is 0. The van der Waals surface area contributed by atoms with E-state index in [9.17, 15) is 13.6 Å². The predicted octanol–water partition coefficient (Wildman–Crippen LogP) is 3.29. The minimum Gasteiger partial charge on any atom is -0.497 e. The highest BCUT2D eigenvalue weighted by Gasteiger charge is 2.46. The van der Waals surface area contributed by atoms with Crippen molar-refractivity contribution in [2.24, 2.45) is 0 Å². The highest BCUT2D eigenvalue weighted by Crippen LogP contribution is 2.37. The SMILES string of the molecule is COc1ccc(Nc2ncnc(Nc3ccc4c(c3)NC(=O)C(F)(F)O4)n2)cc1. The zero-order valence-electron chi connectivity index (χ0n) is 14.9. The van der Waals surface area contributed by atoms with E-state index in [-0.39, 0.29) is 17.4 Å². The van der Waals surface area contributed by atoms with E-state index in [1.165, 1.54) is 24.5 Å². The molecule has 29 heavy (non-hydrogen) atoms. The number of fused-ring (bicyclic) bond motifs is 1. The Morgan fingerprint density at radius 1 is 1.03 bits per heavy atom. The first kappa shape index (κ1) is 18.3. The molecular weight excluding hydrogens is 386 g/mol. The highest BCUT2D eigenvalue weighted by molar-refractivity contribution is 5.99. The van der Waals surface area contributed by atoms with Crippen LogP contribution in [0.5, 0.6) is 11.5 Å². The van der Waals surface area contributed by atoms with E-state index in [0.29, 0.717) is 11.6 Å². The maximum atomic E-state index is 13.3. The van der Waals surface area contributed by atoms with Gasteiger partial charge in [-0.15, -0.1) is 0 Å². The number of aromatic nitrogens is 3. The van der Waals surface area contributed by atoms with Crippen molar-refractivity contribution in [1.82, 2.24) is 15.0 Å². The molecule has 0 bridgehead atoms. The molecule has 0 unspecified atom stereocenters. The smallest absolute Gasteiger partial charge is 0.482 e. The summed E-state index contributed by atoms with van der Waals surface area (Å²) in [6.45, 7) is 0. The third kappa shape index (κ3) is 3.98. The molecule has 1 aromatic heterocycles. The molecule has 0 saturated heterocycles. The molecule has 9 nitrogen and oxygen atoms in total. The van der Waals surface area contributed by atoms with E-state index in [1.54, 1.807) is 31.4 Å². The topological polar surface area (TPSA) is 110 Å². The van der Waals surface area contributed by atoms with Crippen molar-refractivity contribution < 1.29 is 23.0 Å². The minimum atomic E-state index is -3.90. The monoisotopic (exact) mass is 400 g/mol. The Kier molecular flexibility index (Phi) is 4.55. The fourth-order valence-electron chi connectivity index (χ4n) is 2.52. The van der Waals surface area contributed by atoms with Crippen molar-refractivity contribution >= 4 is 34.9 Å². The van der Waals surface area contributed by atoms with Gasteiger partial charge in [0.2, 0.25) is 11.9 Å². The molecule has 1 aliphatic rings. The molecule has 0 fully saturated rings. The Hall–Kier alpha value is -4.02. The second-order valence-electron chi connectivity index (χ2n) is 5.90. The first-order valence-corrected chi connectivity index (χ1v) is 8.32. The van der Waals surface area contributed by atoms with Crippen LogP contribution in [-0.2, 0) is 4.79 Å². The van der Waals surface area contributed by atoms with Gasteiger partial charge in [0.1, 0.15) is 12.1 Å². The molecule has 0 aliphatic carbocycles. The summed E-state index contributed by atoms with van der Waals surface area (Å²) in [5.41, 5.74) is 1.31. The van der Waals surface area contributed by atoms with Gasteiger partial charge in [0.15, 0.2) is 5.75 Å². The number of halogens is 2. The third-order valence-electron chi connectivity index (χ3n) is 3.90. The zero-order chi connectivity index (χ0) is 20.4. The van der Waals surface area contributed by atoms with Gasteiger partial charge in [0.05, 0.1) is 12.8 Å². The maximum absolute atomic E-state index is 13.3. The molecule has 0 saturated carbocycles. The van der Waals surface area contributed by atoms with Gasteiger partial charge in [-0.1, -0.05) is 0 Å². The van der Waals surface area contributed by atoms with Crippen LogP contribution in [0.25, 0.3) is 0 Å². The molecule has 0 atom stereocenters. The second kappa shape index (κ2) is 7.19. The van der Waals surface area contributed by atoms with Gasteiger partial charge in [-0.3, -0.25) is 4.79 Å². The lowest BCUT2D eigenvalue weighted by atomic mass is 10.2. The number of methoxy groups -OCH3 is 1. The normalized spacial score (nSPS) is 14.2. The summed E-state index contributed by atoms with van der Waals surface area (Å²) in [7, 11) is 1.58. The fourth-order valence-corrected chi connectivity index (χ4v) is 2.52. The van der Waals surface area contributed by atoms with Crippen LogP contribution >= 0.6 is 0 Å². The van der Waals surface area contributed by atoms with E-state index < -0.39 is 12.0 Å². The number of benzene rings is 2. The maximum Gasteiger partial charge on any atom is 0.482 e. The van der Waals surface area contributed by atoms with Gasteiger partial charge in [0.25, 0.3) is 0 Å². The summed E-state index contributed by atoms with van der Waals surface area (Å²) in [6.07, 6.45) is -2.59. The lowest BCUT2D eigenvalue weighted by Crippen LogP contribution is -2.43. The lowest BCUT2D eigenvalue weighted by molar-refractivity contribution is -0.189. The molecule has 3 aromatic rings. The van der Waals surface area contributed by atoms with Gasteiger partial charge in [-0.25, -0.2) is 9.97 Å². The average molecular weight is 400 g/mol. The van der Waals surface area contributed by atoms with Crippen molar-refractivity contribution in [3.8, 4) is 11.5 Å². The number of rotatable bonds is 5. The third-order valence-corrected chi connectivity index (χ3v) is 3.90. The Labute approximate surface area is 163 Å². The van der Waals surface area contributed by atoms with Gasteiger partial charge in [-0.05, 0) is 42.5 Å². The van der Waals surface area contributed by atoms with Crippen LogP contribution in [0, 0.1) is 0 Å². The van der Waals surface area contributed by atoms with E-state index in [0.717, 1.165) is 11.4 Å². The van der Waals surface area contributed by atoms with Crippen LogP contribution in [0.15, 0.2) is 48.8 Å². The standard InChI is InChI=1S/C18H14F2N6O3/c1-28-12-5-2-10(3-6-12)23-16-21-9-22-17(26-16)24-11-4-7-14-13(8-11)25-15(27)18(19,20)29-14/h2-9H,1H3,(H,25,27)(H2,21,22,23,24,26). The molecule has 1 amide bonds. The molecular formula is C18H14F2N6O3. The average Bonchev–Trinajstić information content (AvgIpc) is 2.70. The Morgan fingerprint density at radius 2 is 1.69 bits per heavy atom. The van der Waals surface area contributed by atoms with Crippen LogP contribution in [-0.4, -0.2) is 34.1 Å². The number of hydrogen-bond acceptors (Lipinski definition) is 8. The number of carbonyl (C=O) groups excluding carboxylic acids is 1. The van der Waals surface area contributed by atoms with Crippen molar-refractivity contribution in [2.45, 2.75) is 6.11 Å². The summed E-state index contributed by atoms with van der Waals surface area (Å²) in [6, 6.07) is 11.4. The molecule has 3 N–H and O–H groups in total. The van der Waals surface area contributed by atoms with Crippen LogP contribution in [0.2, 0.25) is 0 Å². The van der Waals surface area contributed by atoms with Crippen LogP contribution in [0.4, 0.5) is 37.7 Å². The quantitative estimate of drug-likeness (QED) is 0.599. The molecule has 0 radical (unpaired) electrons. The Morgan fingerprint density at radius 3 is 2.38 bits per heavy atom. The fraction of sp³-hybridized carbons (Fsp3) is 0.111. The van der Waals surface area contributed by atoms with Gasteiger partial charge < -0.3 is 25.4 Å². The minimum absolute atomic E-state index is 0.108. The predicted molar refractivity (Wildman–Crippen MR) is 100 cm³/mol. The number of alkyl halides is 2. The molecule has 2 heterocycles. The highest BCUT2D eigenvalue weighted by atomic mass is 19.3. The summed E-state index contributed by atoms with van der Waals surface area (Å²) in [5, 5.41) is 8.05. The van der Waals surface area contributed by atoms with E-state index in [4.69, 9.17) is 4.74 Å². The van der Waals surface area contributed by atoms with Crippen molar-refractivity contribution in [3.63, 3.8) is 0 Å². The van der Waals surface area contributed by atoms with Crippen LogP contribution in [0.3, 0.4) is 0 Å². The number of amides is 1. The van der Waals surface area contributed by atoms with Gasteiger partial charge >= 0.3 is 12.0 Å². The number of anilines is 5. The molecule has 4 rings (SSSR count). The van der Waals surface area contributed by atoms with Gasteiger partial charge in [0, 0.05) is 11.4 Å².